The molecule has 0 bridgehead atoms. The molecule has 4 rings (SSSR count). The highest BCUT2D eigenvalue weighted by atomic mass is 16.5. The number of methoxy groups -OCH3 is 2. The Labute approximate surface area is 191 Å². The van der Waals surface area contributed by atoms with Gasteiger partial charge in [-0.25, -0.2) is 0 Å². The Kier molecular flexibility index (Phi) is 6.13. The van der Waals surface area contributed by atoms with E-state index < -0.39 is 17.7 Å². The molecule has 1 fully saturated rings. The van der Waals surface area contributed by atoms with Crippen molar-refractivity contribution in [3.05, 3.63) is 94.8 Å². The van der Waals surface area contributed by atoms with Gasteiger partial charge >= 0.3 is 0 Å². The first kappa shape index (κ1) is 22.1. The van der Waals surface area contributed by atoms with Gasteiger partial charge in [-0.2, -0.15) is 0 Å². The van der Waals surface area contributed by atoms with Gasteiger partial charge in [0.05, 0.1) is 25.8 Å². The van der Waals surface area contributed by atoms with Gasteiger partial charge in [0, 0.05) is 18.9 Å². The monoisotopic (exact) mass is 444 g/mol. The molecule has 3 aromatic rings. The summed E-state index contributed by atoms with van der Waals surface area (Å²) in [4.78, 5) is 32.1. The predicted molar refractivity (Wildman–Crippen MR) is 123 cm³/mol. The molecule has 168 valence electrons. The number of hydrogen-bond donors (Lipinski definition) is 1. The number of likely N-dealkylation sites (tertiary alicyclic amines) is 1. The molecule has 0 saturated carbocycles. The number of carbonyl (C=O) groups is 2. The zero-order valence-corrected chi connectivity index (χ0v) is 18.6. The summed E-state index contributed by atoms with van der Waals surface area (Å²) in [7, 11) is 2.93. The number of Topliss-reactive ketones (excluding diaryl/α,β-unsaturated/α-hetero) is 1. The Balaban J connectivity index is 1.96. The van der Waals surface area contributed by atoms with Crippen LogP contribution < -0.4 is 9.47 Å². The van der Waals surface area contributed by atoms with E-state index in [2.05, 4.69) is 4.98 Å². The Bertz CT molecular complexity index is 1210. The first-order valence-electron chi connectivity index (χ1n) is 10.4. The molecule has 1 amide bonds. The number of rotatable bonds is 6. The van der Waals surface area contributed by atoms with Crippen LogP contribution in [0.3, 0.4) is 0 Å². The molecule has 0 aliphatic carbocycles. The fourth-order valence-electron chi connectivity index (χ4n) is 4.17. The number of carbonyl (C=O) groups excluding carboxylic acids is 2. The fraction of sp³-hybridized carbons (Fsp3) is 0.192. The first-order chi connectivity index (χ1) is 16.0. The normalized spacial score (nSPS) is 17.3. The molecule has 1 unspecified atom stereocenters. The summed E-state index contributed by atoms with van der Waals surface area (Å²) in [6.45, 7) is 2.07. The molecule has 1 saturated heterocycles. The van der Waals surface area contributed by atoms with Gasteiger partial charge in [-0.1, -0.05) is 36.4 Å². The molecular formula is C26H24N2O5. The van der Waals surface area contributed by atoms with Crippen molar-refractivity contribution in [2.75, 3.05) is 14.2 Å². The van der Waals surface area contributed by atoms with Gasteiger partial charge in [0.25, 0.3) is 11.7 Å². The largest absolute Gasteiger partial charge is 0.506 e. The number of amides is 1. The zero-order valence-electron chi connectivity index (χ0n) is 18.6. The van der Waals surface area contributed by atoms with Crippen LogP contribution in [0.4, 0.5) is 0 Å². The lowest BCUT2D eigenvalue weighted by Gasteiger charge is -2.26. The summed E-state index contributed by atoms with van der Waals surface area (Å²) in [5, 5.41) is 11.4. The summed E-state index contributed by atoms with van der Waals surface area (Å²) in [6.07, 6.45) is 3.29. The van der Waals surface area contributed by atoms with Crippen LogP contribution in [-0.4, -0.2) is 40.9 Å². The second-order valence-corrected chi connectivity index (χ2v) is 7.68. The number of nitrogens with zero attached hydrogens (tertiary/aromatic N) is 2. The van der Waals surface area contributed by atoms with Gasteiger partial charge in [0.15, 0.2) is 0 Å². The van der Waals surface area contributed by atoms with Crippen molar-refractivity contribution >= 4 is 17.4 Å². The molecule has 1 atom stereocenters. The molecular weight excluding hydrogens is 420 g/mol. The first-order valence-corrected chi connectivity index (χ1v) is 10.4. The van der Waals surface area contributed by atoms with E-state index in [0.29, 0.717) is 11.5 Å². The number of aliphatic hydroxyl groups excluding tert-OH is 1. The minimum absolute atomic E-state index is 0.0130. The molecule has 1 N–H and O–H groups in total. The number of aryl methyl sites for hydroxylation is 1. The third-order valence-electron chi connectivity index (χ3n) is 5.76. The fourth-order valence-corrected chi connectivity index (χ4v) is 4.17. The van der Waals surface area contributed by atoms with Gasteiger partial charge in [-0.3, -0.25) is 14.6 Å². The molecule has 1 aliphatic rings. The molecule has 2 heterocycles. The number of pyridine rings is 1. The van der Waals surface area contributed by atoms with Gasteiger partial charge in [-0.05, 0) is 41.8 Å². The van der Waals surface area contributed by atoms with E-state index in [1.54, 1.807) is 36.7 Å². The van der Waals surface area contributed by atoms with Crippen molar-refractivity contribution in [3.63, 3.8) is 0 Å². The smallest absolute Gasteiger partial charge is 0.295 e. The SMILES string of the molecule is COc1cccc(OC)c1/C(O)=C1\C(=O)C(=O)N(Cc2cccnc2)C1c1ccccc1C. The Hall–Kier alpha value is -4.13. The number of aromatic nitrogens is 1. The third kappa shape index (κ3) is 3.93. The Morgan fingerprint density at radius 3 is 2.30 bits per heavy atom. The third-order valence-corrected chi connectivity index (χ3v) is 5.76. The number of hydrogen-bond acceptors (Lipinski definition) is 6. The van der Waals surface area contributed by atoms with Gasteiger partial charge < -0.3 is 19.5 Å². The van der Waals surface area contributed by atoms with E-state index >= 15 is 0 Å². The summed E-state index contributed by atoms with van der Waals surface area (Å²) in [6, 6.07) is 15.3. The highest BCUT2D eigenvalue weighted by Crippen LogP contribution is 2.44. The van der Waals surface area contributed by atoms with Gasteiger partial charge in [0.2, 0.25) is 0 Å². The standard InChI is InChI=1S/C26H24N2O5/c1-16-8-4-5-10-18(16)23-22(24(29)21-19(32-2)11-6-12-20(21)33-3)25(30)26(31)28(23)15-17-9-7-13-27-14-17/h4-14,23,29H,15H2,1-3H3/b24-22+. The predicted octanol–water partition coefficient (Wildman–Crippen LogP) is 4.03. The van der Waals surface area contributed by atoms with E-state index in [1.807, 2.05) is 37.3 Å². The van der Waals surface area contributed by atoms with E-state index in [1.165, 1.54) is 19.1 Å². The van der Waals surface area contributed by atoms with Crippen LogP contribution >= 0.6 is 0 Å². The molecule has 7 heteroatoms. The summed E-state index contributed by atoms with van der Waals surface area (Å²) >= 11 is 0. The average molecular weight is 444 g/mol. The van der Waals surface area contributed by atoms with Crippen LogP contribution in [0, 0.1) is 6.92 Å². The lowest BCUT2D eigenvalue weighted by atomic mass is 9.92. The van der Waals surface area contributed by atoms with Crippen LogP contribution in [-0.2, 0) is 16.1 Å². The number of aliphatic hydroxyl groups is 1. The van der Waals surface area contributed by atoms with E-state index in [0.717, 1.165) is 16.7 Å². The van der Waals surface area contributed by atoms with Gasteiger partial charge in [-0.15, -0.1) is 0 Å². The number of benzene rings is 2. The summed E-state index contributed by atoms with van der Waals surface area (Å²) in [5.41, 5.74) is 2.61. The maximum absolute atomic E-state index is 13.3. The van der Waals surface area contributed by atoms with Crippen LogP contribution in [0.1, 0.15) is 28.3 Å². The quantitative estimate of drug-likeness (QED) is 0.351. The Morgan fingerprint density at radius 2 is 1.70 bits per heavy atom. The second-order valence-electron chi connectivity index (χ2n) is 7.68. The summed E-state index contributed by atoms with van der Waals surface area (Å²) in [5.74, 6) is -1.15. The van der Waals surface area contributed by atoms with E-state index in [9.17, 15) is 14.7 Å². The highest BCUT2D eigenvalue weighted by Gasteiger charge is 2.47. The molecule has 1 aliphatic heterocycles. The molecule has 2 aromatic carbocycles. The zero-order chi connectivity index (χ0) is 23.5. The topological polar surface area (TPSA) is 89.0 Å². The number of ether oxygens (including phenoxy) is 2. The minimum atomic E-state index is -0.791. The average Bonchev–Trinajstić information content (AvgIpc) is 3.08. The van der Waals surface area contributed by atoms with Crippen LogP contribution in [0.2, 0.25) is 0 Å². The van der Waals surface area contributed by atoms with Crippen molar-refractivity contribution in [1.29, 1.82) is 0 Å². The number of ketones is 1. The van der Waals surface area contributed by atoms with Crippen molar-refractivity contribution in [2.24, 2.45) is 0 Å². The molecule has 1 aromatic heterocycles. The maximum Gasteiger partial charge on any atom is 0.295 e. The molecule has 0 radical (unpaired) electrons. The van der Waals surface area contributed by atoms with Gasteiger partial charge in [0.1, 0.15) is 22.8 Å². The van der Waals surface area contributed by atoms with Crippen molar-refractivity contribution < 1.29 is 24.2 Å². The van der Waals surface area contributed by atoms with Crippen LogP contribution in [0.15, 0.2) is 72.6 Å². The van der Waals surface area contributed by atoms with E-state index in [-0.39, 0.29) is 23.4 Å². The molecule has 7 nitrogen and oxygen atoms in total. The molecule has 33 heavy (non-hydrogen) atoms. The van der Waals surface area contributed by atoms with Crippen molar-refractivity contribution in [3.8, 4) is 11.5 Å². The van der Waals surface area contributed by atoms with Crippen LogP contribution in [0.5, 0.6) is 11.5 Å². The van der Waals surface area contributed by atoms with Crippen LogP contribution in [0.25, 0.3) is 5.76 Å². The maximum atomic E-state index is 13.3. The lowest BCUT2D eigenvalue weighted by Crippen LogP contribution is -2.29. The summed E-state index contributed by atoms with van der Waals surface area (Å²) < 4.78 is 10.9. The lowest BCUT2D eigenvalue weighted by molar-refractivity contribution is -0.140. The highest BCUT2D eigenvalue weighted by molar-refractivity contribution is 6.46. The second kappa shape index (κ2) is 9.16. The Morgan fingerprint density at radius 1 is 1.00 bits per heavy atom. The molecule has 0 spiro atoms. The van der Waals surface area contributed by atoms with Crippen molar-refractivity contribution in [1.82, 2.24) is 9.88 Å². The van der Waals surface area contributed by atoms with Crippen molar-refractivity contribution in [2.45, 2.75) is 19.5 Å². The minimum Gasteiger partial charge on any atom is -0.506 e. The van der Waals surface area contributed by atoms with E-state index in [4.69, 9.17) is 9.47 Å².